The van der Waals surface area contributed by atoms with Gasteiger partial charge in [-0.15, -0.1) is 0 Å². The molecule has 2 rings (SSSR count). The zero-order valence-corrected chi connectivity index (χ0v) is 13.4. The van der Waals surface area contributed by atoms with Crippen molar-refractivity contribution in [3.63, 3.8) is 0 Å². The molecule has 8 heteroatoms. The number of fused-ring (bicyclic) bond motifs is 1. The van der Waals surface area contributed by atoms with E-state index in [-0.39, 0.29) is 31.9 Å². The van der Waals surface area contributed by atoms with Gasteiger partial charge in [-0.05, 0) is 25.1 Å². The summed E-state index contributed by atoms with van der Waals surface area (Å²) in [6.07, 6.45) is -0.176. The minimum Gasteiger partial charge on any atom is -0.482 e. The van der Waals surface area contributed by atoms with Crippen molar-refractivity contribution in [3.05, 3.63) is 23.8 Å². The number of ether oxygens (including phenoxy) is 1. The fourth-order valence-electron chi connectivity index (χ4n) is 2.24. The minimum absolute atomic E-state index is 0.0487. The summed E-state index contributed by atoms with van der Waals surface area (Å²) in [6.45, 7) is 1.01. The molecule has 0 aliphatic carbocycles. The zero-order valence-electron chi connectivity index (χ0n) is 13.4. The van der Waals surface area contributed by atoms with E-state index in [9.17, 15) is 19.2 Å². The molecule has 0 saturated carbocycles. The number of aliphatic carboxylic acids is 1. The van der Waals surface area contributed by atoms with Crippen molar-refractivity contribution in [3.8, 4) is 5.75 Å². The number of likely N-dealkylation sites (N-methyl/N-ethyl adjacent to an activating group) is 1. The van der Waals surface area contributed by atoms with Gasteiger partial charge in [0.05, 0.1) is 12.1 Å². The van der Waals surface area contributed by atoms with Gasteiger partial charge in [-0.1, -0.05) is 0 Å². The molecular formula is C16H18N2O6. The van der Waals surface area contributed by atoms with Gasteiger partial charge in [0.15, 0.2) is 12.4 Å². The Balaban J connectivity index is 2.19. The van der Waals surface area contributed by atoms with Crippen molar-refractivity contribution in [1.29, 1.82) is 0 Å². The van der Waals surface area contributed by atoms with Crippen LogP contribution in [0.5, 0.6) is 5.75 Å². The monoisotopic (exact) mass is 334 g/mol. The predicted molar refractivity (Wildman–Crippen MR) is 84.2 cm³/mol. The molecule has 1 aromatic carbocycles. The second kappa shape index (κ2) is 7.12. The minimum atomic E-state index is -1.01. The van der Waals surface area contributed by atoms with Crippen molar-refractivity contribution in [2.24, 2.45) is 0 Å². The second-order valence-corrected chi connectivity index (χ2v) is 5.47. The first-order chi connectivity index (χ1) is 11.3. The average molecular weight is 334 g/mol. The quantitative estimate of drug-likeness (QED) is 0.762. The SMILES string of the molecule is CC(=O)c1ccc2c(c1)N(CC(=O)N(C)CCC(=O)O)C(=O)CO2. The molecule has 0 bridgehead atoms. The molecule has 1 aliphatic heterocycles. The average Bonchev–Trinajstić information content (AvgIpc) is 2.54. The Morgan fingerprint density at radius 2 is 2.04 bits per heavy atom. The Bertz CT molecular complexity index is 700. The van der Waals surface area contributed by atoms with Gasteiger partial charge in [0, 0.05) is 19.2 Å². The van der Waals surface area contributed by atoms with E-state index in [4.69, 9.17) is 9.84 Å². The van der Waals surface area contributed by atoms with E-state index in [0.29, 0.717) is 17.0 Å². The lowest BCUT2D eigenvalue weighted by Crippen LogP contribution is -2.46. The van der Waals surface area contributed by atoms with E-state index in [1.807, 2.05) is 0 Å². The summed E-state index contributed by atoms with van der Waals surface area (Å²) in [6, 6.07) is 4.69. The number of ketones is 1. The maximum Gasteiger partial charge on any atom is 0.305 e. The zero-order chi connectivity index (χ0) is 17.9. The first-order valence-electron chi connectivity index (χ1n) is 7.33. The maximum atomic E-state index is 12.2. The summed E-state index contributed by atoms with van der Waals surface area (Å²) < 4.78 is 5.32. The highest BCUT2D eigenvalue weighted by Gasteiger charge is 2.29. The number of hydrogen-bond donors (Lipinski definition) is 1. The van der Waals surface area contributed by atoms with Crippen LogP contribution < -0.4 is 9.64 Å². The van der Waals surface area contributed by atoms with Gasteiger partial charge in [0.2, 0.25) is 5.91 Å². The fraction of sp³-hybridized carbons (Fsp3) is 0.375. The van der Waals surface area contributed by atoms with Gasteiger partial charge in [-0.2, -0.15) is 0 Å². The number of carboxylic acid groups (broad SMARTS) is 1. The highest BCUT2D eigenvalue weighted by Crippen LogP contribution is 2.33. The summed E-state index contributed by atoms with van der Waals surface area (Å²) in [7, 11) is 1.48. The Morgan fingerprint density at radius 1 is 1.33 bits per heavy atom. The van der Waals surface area contributed by atoms with Crippen molar-refractivity contribution in [1.82, 2.24) is 4.90 Å². The molecule has 1 N–H and O–H groups in total. The van der Waals surface area contributed by atoms with Gasteiger partial charge in [0.1, 0.15) is 12.3 Å². The Morgan fingerprint density at radius 3 is 2.67 bits per heavy atom. The van der Waals surface area contributed by atoms with Gasteiger partial charge in [0.25, 0.3) is 5.91 Å². The van der Waals surface area contributed by atoms with E-state index >= 15 is 0 Å². The summed E-state index contributed by atoms with van der Waals surface area (Å²) in [5, 5.41) is 8.67. The van der Waals surface area contributed by atoms with Gasteiger partial charge in [-0.3, -0.25) is 24.1 Å². The normalized spacial score (nSPS) is 13.1. The summed E-state index contributed by atoms with van der Waals surface area (Å²) in [5.41, 5.74) is 0.766. The van der Waals surface area contributed by atoms with E-state index in [2.05, 4.69) is 0 Å². The van der Waals surface area contributed by atoms with E-state index < -0.39 is 17.8 Å². The molecule has 0 radical (unpaired) electrons. The van der Waals surface area contributed by atoms with E-state index in [1.165, 1.54) is 29.8 Å². The third-order valence-electron chi connectivity index (χ3n) is 3.69. The number of Topliss-reactive ketones (excluding diaryl/α,β-unsaturated/α-hetero) is 1. The first-order valence-corrected chi connectivity index (χ1v) is 7.33. The third kappa shape index (κ3) is 3.89. The number of amides is 2. The fourth-order valence-corrected chi connectivity index (χ4v) is 2.24. The maximum absolute atomic E-state index is 12.2. The second-order valence-electron chi connectivity index (χ2n) is 5.47. The molecule has 128 valence electrons. The highest BCUT2D eigenvalue weighted by atomic mass is 16.5. The van der Waals surface area contributed by atoms with Crippen LogP contribution in [0.15, 0.2) is 18.2 Å². The molecule has 0 spiro atoms. The van der Waals surface area contributed by atoms with Crippen LogP contribution in [0.2, 0.25) is 0 Å². The lowest BCUT2D eigenvalue weighted by Gasteiger charge is -2.30. The van der Waals surface area contributed by atoms with Crippen LogP contribution in [-0.2, 0) is 14.4 Å². The van der Waals surface area contributed by atoms with Gasteiger partial charge < -0.3 is 14.7 Å². The van der Waals surface area contributed by atoms with Crippen molar-refractivity contribution >= 4 is 29.3 Å². The van der Waals surface area contributed by atoms with Crippen molar-refractivity contribution in [2.75, 3.05) is 31.6 Å². The lowest BCUT2D eigenvalue weighted by atomic mass is 10.1. The molecule has 2 amide bonds. The van der Waals surface area contributed by atoms with Crippen LogP contribution in [0.4, 0.5) is 5.69 Å². The molecule has 0 unspecified atom stereocenters. The van der Waals surface area contributed by atoms with Crippen LogP contribution in [0, 0.1) is 0 Å². The first kappa shape index (κ1) is 17.5. The molecule has 0 fully saturated rings. The summed E-state index contributed by atoms with van der Waals surface area (Å²) in [5.74, 6) is -1.55. The number of hydrogen-bond acceptors (Lipinski definition) is 5. The number of carbonyl (C=O) groups excluding carboxylic acids is 3. The third-order valence-corrected chi connectivity index (χ3v) is 3.69. The predicted octanol–water partition coefficient (Wildman–Crippen LogP) is 0.548. The number of nitrogens with zero attached hydrogens (tertiary/aromatic N) is 2. The number of carbonyl (C=O) groups is 4. The lowest BCUT2D eigenvalue weighted by molar-refractivity contribution is -0.138. The van der Waals surface area contributed by atoms with Gasteiger partial charge in [-0.25, -0.2) is 0 Å². The highest BCUT2D eigenvalue weighted by molar-refractivity contribution is 6.04. The topological polar surface area (TPSA) is 104 Å². The largest absolute Gasteiger partial charge is 0.482 e. The molecule has 1 aromatic rings. The molecule has 0 aromatic heterocycles. The molecule has 8 nitrogen and oxygen atoms in total. The Labute approximate surface area is 138 Å². The molecule has 1 heterocycles. The van der Waals surface area contributed by atoms with Crippen LogP contribution in [0.1, 0.15) is 23.7 Å². The molecule has 1 aliphatic rings. The summed E-state index contributed by atoms with van der Waals surface area (Å²) >= 11 is 0. The number of anilines is 1. The van der Waals surface area contributed by atoms with E-state index in [1.54, 1.807) is 12.1 Å². The van der Waals surface area contributed by atoms with Crippen LogP contribution in [0.25, 0.3) is 0 Å². The number of carboxylic acids is 1. The van der Waals surface area contributed by atoms with Crippen LogP contribution in [-0.4, -0.2) is 60.3 Å². The van der Waals surface area contributed by atoms with Crippen molar-refractivity contribution in [2.45, 2.75) is 13.3 Å². The van der Waals surface area contributed by atoms with E-state index in [0.717, 1.165) is 0 Å². The number of benzene rings is 1. The Hall–Kier alpha value is -2.90. The molecule has 0 atom stereocenters. The number of rotatable bonds is 6. The van der Waals surface area contributed by atoms with Gasteiger partial charge >= 0.3 is 5.97 Å². The smallest absolute Gasteiger partial charge is 0.305 e. The van der Waals surface area contributed by atoms with Crippen molar-refractivity contribution < 1.29 is 29.0 Å². The molecule has 0 saturated heterocycles. The summed E-state index contributed by atoms with van der Waals surface area (Å²) in [4.78, 5) is 49.0. The molecular weight excluding hydrogens is 316 g/mol. The van der Waals surface area contributed by atoms with Crippen LogP contribution >= 0.6 is 0 Å². The molecule has 24 heavy (non-hydrogen) atoms. The Kier molecular flexibility index (Phi) is 5.18. The van der Waals surface area contributed by atoms with Crippen LogP contribution in [0.3, 0.4) is 0 Å². The standard InChI is InChI=1S/C16H18N2O6/c1-10(19)11-3-4-13-12(7-11)18(15(21)9-24-13)8-14(20)17(2)6-5-16(22)23/h3-4,7H,5-6,8-9H2,1-2H3,(H,22,23).